The lowest BCUT2D eigenvalue weighted by Gasteiger charge is -2.46. The molecule has 46 heavy (non-hydrogen) atoms. The van der Waals surface area contributed by atoms with Crippen molar-refractivity contribution in [2.75, 3.05) is 6.86 Å². The fourth-order valence-corrected chi connectivity index (χ4v) is 2.91. The summed E-state index contributed by atoms with van der Waals surface area (Å²) in [5.74, 6) is -105. The van der Waals surface area contributed by atoms with Crippen LogP contribution >= 0.6 is 0 Å². The van der Waals surface area contributed by atoms with Crippen LogP contribution in [0.2, 0.25) is 0 Å². The van der Waals surface area contributed by atoms with E-state index in [1.165, 1.54) is 0 Å². The second-order valence-electron chi connectivity index (χ2n) is 8.08. The molecule has 0 saturated carbocycles. The quantitative estimate of drug-likeness (QED) is 0.135. The minimum absolute atomic E-state index is 1.80. The Morgan fingerprint density at radius 1 is 0.370 bits per heavy atom. The lowest BCUT2D eigenvalue weighted by atomic mass is 9.84. The number of alkyl halides is 27. The van der Waals surface area contributed by atoms with E-state index in [4.69, 9.17) is 4.55 Å². The standard InChI is InChI=1S/C14H3F27O4S/c15-1-45-13(38,39)11(34,35)9(30,31)7(26,27)5(22,23)3(18,19)2(16,17)4(20,21)6(24,25)8(28,29)10(32,33)12(36,37)14(40,41)46(42,43)44/h1H2,(H,42,43,44). The topological polar surface area (TPSA) is 63.6 Å². The third-order valence-corrected chi connectivity index (χ3v) is 6.14. The van der Waals surface area contributed by atoms with Gasteiger partial charge >= 0.3 is 86.6 Å². The predicted molar refractivity (Wildman–Crippen MR) is 82.9 cm³/mol. The minimum atomic E-state index is -9.92. The third kappa shape index (κ3) is 4.98. The number of hydrogen-bond acceptors (Lipinski definition) is 3. The van der Waals surface area contributed by atoms with Crippen molar-refractivity contribution in [1.29, 1.82) is 0 Å². The summed E-state index contributed by atoms with van der Waals surface area (Å²) in [5.41, 5.74) is 0. The van der Waals surface area contributed by atoms with Crippen LogP contribution in [0.25, 0.3) is 0 Å². The normalized spacial score (nSPS) is 17.0. The van der Waals surface area contributed by atoms with Gasteiger partial charge in [0.15, 0.2) is 6.86 Å². The number of halogens is 27. The average Bonchev–Trinajstić information content (AvgIpc) is 2.81. The molecule has 0 aromatic rings. The second kappa shape index (κ2) is 10.7. The molecule has 0 spiro atoms. The first-order valence-electron chi connectivity index (χ1n) is 9.39. The Morgan fingerprint density at radius 3 is 0.717 bits per heavy atom. The highest BCUT2D eigenvalue weighted by atomic mass is 32.2. The zero-order chi connectivity index (χ0) is 38.4. The lowest BCUT2D eigenvalue weighted by Crippen LogP contribution is -2.79. The van der Waals surface area contributed by atoms with Crippen LogP contribution < -0.4 is 0 Å². The lowest BCUT2D eigenvalue weighted by molar-refractivity contribution is -0.489. The van der Waals surface area contributed by atoms with Crippen LogP contribution in [0.15, 0.2) is 0 Å². The summed E-state index contributed by atoms with van der Waals surface area (Å²) in [6.45, 7) is -3.50. The van der Waals surface area contributed by atoms with Crippen molar-refractivity contribution >= 4 is 10.1 Å². The molecule has 0 aliphatic rings. The molecular weight excluding hydrogens is 777 g/mol. The van der Waals surface area contributed by atoms with Crippen molar-refractivity contribution in [3.63, 3.8) is 0 Å². The van der Waals surface area contributed by atoms with Gasteiger partial charge in [-0.25, -0.2) is 4.39 Å². The molecule has 0 saturated heterocycles. The SMILES string of the molecule is O=S(=O)(O)C(F)(F)C(F)(F)C(F)(F)C(F)(F)C(F)(F)C(F)(F)C(F)(F)C(F)(F)C(F)(F)C(F)(F)C(F)(F)C(F)(F)C(F)(F)OCF. The monoisotopic (exact) mass is 780 g/mol. The zero-order valence-electron chi connectivity index (χ0n) is 19.5. The molecule has 4 nitrogen and oxygen atoms in total. The predicted octanol–water partition coefficient (Wildman–Crippen LogP) is 7.99. The Balaban J connectivity index is 7.56. The third-order valence-electron chi connectivity index (χ3n) is 5.23. The Bertz CT molecular complexity index is 1230. The molecule has 1 N–H and O–H groups in total. The number of rotatable bonds is 15. The molecule has 0 aliphatic heterocycles. The molecule has 278 valence electrons. The van der Waals surface area contributed by atoms with Crippen molar-refractivity contribution in [3.05, 3.63) is 0 Å². The number of ether oxygens (including phenoxy) is 1. The zero-order valence-corrected chi connectivity index (χ0v) is 20.3. The summed E-state index contributed by atoms with van der Waals surface area (Å²) in [4.78, 5) is 0. The highest BCUT2D eigenvalue weighted by Crippen LogP contribution is 2.68. The highest BCUT2D eigenvalue weighted by Gasteiger charge is 3.00. The molecule has 0 heterocycles. The van der Waals surface area contributed by atoms with Crippen LogP contribution in [0.5, 0.6) is 0 Å². The van der Waals surface area contributed by atoms with Crippen LogP contribution in [0.1, 0.15) is 0 Å². The first-order valence-corrected chi connectivity index (χ1v) is 10.8. The number of hydrogen-bond donors (Lipinski definition) is 1. The van der Waals surface area contributed by atoms with E-state index < -0.39 is 93.5 Å². The molecule has 0 fully saturated rings. The van der Waals surface area contributed by atoms with Crippen LogP contribution in [0.4, 0.5) is 119 Å². The molecular formula is C14H3F27O4S. The van der Waals surface area contributed by atoms with Crippen molar-refractivity contribution in [3.8, 4) is 0 Å². The second-order valence-corrected chi connectivity index (χ2v) is 9.54. The van der Waals surface area contributed by atoms with Gasteiger partial charge < -0.3 is 0 Å². The largest absolute Gasteiger partial charge is 0.438 e. The summed E-state index contributed by atoms with van der Waals surface area (Å²) in [6.07, 6.45) is -7.61. The molecule has 0 bridgehead atoms. The van der Waals surface area contributed by atoms with Crippen molar-refractivity contribution < 1.29 is 136 Å². The van der Waals surface area contributed by atoms with Crippen LogP contribution in [-0.2, 0) is 14.9 Å². The molecule has 32 heteroatoms. The summed E-state index contributed by atoms with van der Waals surface area (Å²) in [6, 6.07) is 0. The first-order chi connectivity index (χ1) is 19.3. The van der Waals surface area contributed by atoms with Gasteiger partial charge in [-0.1, -0.05) is 0 Å². The smallest absolute Gasteiger partial charge is 0.283 e. The molecule has 0 rings (SSSR count). The molecule has 0 aliphatic carbocycles. The molecule has 0 radical (unpaired) electrons. The minimum Gasteiger partial charge on any atom is -0.283 e. The van der Waals surface area contributed by atoms with E-state index in [2.05, 4.69) is 0 Å². The van der Waals surface area contributed by atoms with Gasteiger partial charge in [0.25, 0.3) is 0 Å². The molecule has 0 aromatic heterocycles. The maximum Gasteiger partial charge on any atom is 0.438 e. The van der Waals surface area contributed by atoms with E-state index in [0.717, 1.165) is 0 Å². The van der Waals surface area contributed by atoms with Gasteiger partial charge in [-0.05, 0) is 0 Å². The van der Waals surface area contributed by atoms with E-state index in [9.17, 15) is 127 Å². The van der Waals surface area contributed by atoms with Gasteiger partial charge in [-0.2, -0.15) is 123 Å². The van der Waals surface area contributed by atoms with Gasteiger partial charge in [0, 0.05) is 0 Å². The van der Waals surface area contributed by atoms with Crippen molar-refractivity contribution in [1.82, 2.24) is 0 Å². The Morgan fingerprint density at radius 2 is 0.543 bits per heavy atom. The summed E-state index contributed by atoms with van der Waals surface area (Å²) < 4.78 is 390. The van der Waals surface area contributed by atoms with Crippen LogP contribution in [0.3, 0.4) is 0 Å². The summed E-state index contributed by atoms with van der Waals surface area (Å²) in [5, 5.41) is -8.29. The Hall–Kier alpha value is -2.02. The molecule has 0 atom stereocenters. The molecule has 0 unspecified atom stereocenters. The van der Waals surface area contributed by atoms with Gasteiger partial charge in [-0.15, -0.1) is 0 Å². The van der Waals surface area contributed by atoms with Crippen LogP contribution in [-0.4, -0.2) is 96.3 Å². The maximum atomic E-state index is 13.7. The van der Waals surface area contributed by atoms with E-state index in [1.54, 1.807) is 4.74 Å². The molecule has 0 amide bonds. The van der Waals surface area contributed by atoms with E-state index in [0.29, 0.717) is 0 Å². The van der Waals surface area contributed by atoms with Gasteiger partial charge in [0.1, 0.15) is 0 Å². The van der Waals surface area contributed by atoms with E-state index in [-0.39, 0.29) is 0 Å². The first kappa shape index (κ1) is 44.0. The maximum absolute atomic E-state index is 13.7. The van der Waals surface area contributed by atoms with E-state index >= 15 is 0 Å². The van der Waals surface area contributed by atoms with Crippen LogP contribution in [0, 0.1) is 0 Å². The Labute approximate surface area is 231 Å². The highest BCUT2D eigenvalue weighted by molar-refractivity contribution is 7.87. The van der Waals surface area contributed by atoms with E-state index in [1.807, 2.05) is 0 Å². The van der Waals surface area contributed by atoms with Crippen molar-refractivity contribution in [2.45, 2.75) is 76.5 Å². The Kier molecular flexibility index (Phi) is 10.3. The fraction of sp³-hybridized carbons (Fsp3) is 1.00. The summed E-state index contributed by atoms with van der Waals surface area (Å²) in [7, 11) is -8.31. The van der Waals surface area contributed by atoms with Gasteiger partial charge in [0.05, 0.1) is 0 Å². The molecule has 0 aromatic carbocycles. The summed E-state index contributed by atoms with van der Waals surface area (Å²) >= 11 is 0. The van der Waals surface area contributed by atoms with Crippen molar-refractivity contribution in [2.24, 2.45) is 0 Å². The average molecular weight is 780 g/mol. The van der Waals surface area contributed by atoms with Gasteiger partial charge in [0.2, 0.25) is 0 Å². The fourth-order valence-electron chi connectivity index (χ4n) is 2.46. The van der Waals surface area contributed by atoms with Gasteiger partial charge in [-0.3, -0.25) is 9.29 Å².